The van der Waals surface area contributed by atoms with Gasteiger partial charge in [-0.3, -0.25) is 19.0 Å². The molecule has 1 saturated carbocycles. The Labute approximate surface area is 176 Å². The number of aromatic nitrogens is 2. The monoisotopic (exact) mass is 430 g/mol. The number of carbonyl (C=O) groups excluding carboxylic acids is 3. The van der Waals surface area contributed by atoms with Gasteiger partial charge in [0.2, 0.25) is 11.8 Å². The van der Waals surface area contributed by atoms with Gasteiger partial charge in [0.05, 0.1) is 21.1 Å². The number of nitrogens with zero attached hydrogens (tertiary/aromatic N) is 2. The van der Waals surface area contributed by atoms with Crippen LogP contribution < -0.4 is 10.6 Å². The van der Waals surface area contributed by atoms with Crippen molar-refractivity contribution in [1.82, 2.24) is 9.55 Å². The largest absolute Gasteiger partial charge is 0.326 e. The van der Waals surface area contributed by atoms with Crippen LogP contribution in [0.1, 0.15) is 30.1 Å². The van der Waals surface area contributed by atoms with Crippen LogP contribution in [0.3, 0.4) is 0 Å². The van der Waals surface area contributed by atoms with Crippen molar-refractivity contribution < 1.29 is 14.4 Å². The quantitative estimate of drug-likeness (QED) is 0.643. The summed E-state index contributed by atoms with van der Waals surface area (Å²) in [6, 6.07) is 6.32. The van der Waals surface area contributed by atoms with Crippen molar-refractivity contribution in [2.24, 2.45) is 5.92 Å². The Morgan fingerprint density at radius 2 is 1.79 bits per heavy atom. The Hall–Kier alpha value is -2.90. The zero-order chi connectivity index (χ0) is 20.7. The average molecular weight is 431 g/mol. The molecule has 1 fully saturated rings. The number of rotatable bonds is 4. The lowest BCUT2D eigenvalue weighted by Crippen LogP contribution is -2.15. The first-order valence-electron chi connectivity index (χ1n) is 8.93. The van der Waals surface area contributed by atoms with Crippen molar-refractivity contribution in [2.75, 3.05) is 10.6 Å². The summed E-state index contributed by atoms with van der Waals surface area (Å²) < 4.78 is 1.40. The first kappa shape index (κ1) is 19.4. The van der Waals surface area contributed by atoms with Gasteiger partial charge in [0.15, 0.2) is 0 Å². The summed E-state index contributed by atoms with van der Waals surface area (Å²) in [4.78, 5) is 40.7. The van der Waals surface area contributed by atoms with Crippen molar-refractivity contribution in [2.45, 2.75) is 19.8 Å². The van der Waals surface area contributed by atoms with E-state index in [4.69, 9.17) is 23.2 Å². The molecule has 7 nitrogen and oxygen atoms in total. The summed E-state index contributed by atoms with van der Waals surface area (Å²) in [6.45, 7) is 1.36. The van der Waals surface area contributed by atoms with Gasteiger partial charge in [0, 0.05) is 36.3 Å². The van der Waals surface area contributed by atoms with E-state index in [0.29, 0.717) is 22.4 Å². The standard InChI is InChI=1S/C20H16Cl2N4O3/c1-10(27)24-12-8-14(21)17(15(22)9-12)20(29)26-7-5-13-16(26)4-6-23-18(13)25-19(28)11-2-3-11/h4-9,11H,2-3H2,1H3,(H,24,27)(H,23,25,28). The predicted molar refractivity (Wildman–Crippen MR) is 112 cm³/mol. The van der Waals surface area contributed by atoms with E-state index < -0.39 is 5.91 Å². The molecule has 9 heteroatoms. The number of anilines is 2. The van der Waals surface area contributed by atoms with Gasteiger partial charge >= 0.3 is 0 Å². The van der Waals surface area contributed by atoms with E-state index in [-0.39, 0.29) is 33.3 Å². The van der Waals surface area contributed by atoms with E-state index >= 15 is 0 Å². The molecule has 2 aromatic heterocycles. The molecular formula is C20H16Cl2N4O3. The van der Waals surface area contributed by atoms with Crippen LogP contribution in [0.5, 0.6) is 0 Å². The molecule has 1 aromatic carbocycles. The lowest BCUT2D eigenvalue weighted by Gasteiger charge is -2.11. The van der Waals surface area contributed by atoms with Crippen LogP contribution in [0.4, 0.5) is 11.5 Å². The van der Waals surface area contributed by atoms with Crippen molar-refractivity contribution in [3.8, 4) is 0 Å². The summed E-state index contributed by atoms with van der Waals surface area (Å²) in [5.41, 5.74) is 1.07. The fourth-order valence-corrected chi connectivity index (χ4v) is 3.73. The second-order valence-corrected chi connectivity index (χ2v) is 7.66. The van der Waals surface area contributed by atoms with E-state index in [1.54, 1.807) is 18.3 Å². The molecule has 0 spiro atoms. The van der Waals surface area contributed by atoms with Gasteiger partial charge in [0.25, 0.3) is 5.91 Å². The van der Waals surface area contributed by atoms with E-state index in [2.05, 4.69) is 15.6 Å². The van der Waals surface area contributed by atoms with E-state index in [0.717, 1.165) is 12.8 Å². The number of halogens is 2. The summed E-state index contributed by atoms with van der Waals surface area (Å²) in [5.74, 6) is -0.334. The normalized spacial score (nSPS) is 13.3. The summed E-state index contributed by atoms with van der Waals surface area (Å²) in [6.07, 6.45) is 4.87. The van der Waals surface area contributed by atoms with Crippen LogP contribution >= 0.6 is 23.2 Å². The number of nitrogens with one attached hydrogen (secondary N) is 2. The third kappa shape index (κ3) is 3.83. The number of hydrogen-bond acceptors (Lipinski definition) is 4. The molecule has 0 saturated heterocycles. The molecule has 0 radical (unpaired) electrons. The molecule has 29 heavy (non-hydrogen) atoms. The van der Waals surface area contributed by atoms with Gasteiger partial charge in [-0.1, -0.05) is 23.2 Å². The van der Waals surface area contributed by atoms with Crippen molar-refractivity contribution in [1.29, 1.82) is 0 Å². The minimum atomic E-state index is -0.435. The van der Waals surface area contributed by atoms with Gasteiger partial charge in [0.1, 0.15) is 5.82 Å². The first-order valence-corrected chi connectivity index (χ1v) is 9.69. The Morgan fingerprint density at radius 3 is 2.41 bits per heavy atom. The maximum atomic E-state index is 13.1. The number of hydrogen-bond donors (Lipinski definition) is 2. The third-order valence-corrected chi connectivity index (χ3v) is 5.20. The molecule has 0 atom stereocenters. The highest BCUT2D eigenvalue weighted by Crippen LogP contribution is 2.33. The second kappa shape index (κ2) is 7.50. The molecule has 4 rings (SSSR count). The average Bonchev–Trinajstić information content (AvgIpc) is 3.40. The molecule has 1 aliphatic carbocycles. The molecule has 0 aliphatic heterocycles. The smallest absolute Gasteiger partial charge is 0.265 e. The maximum Gasteiger partial charge on any atom is 0.265 e. The summed E-state index contributed by atoms with van der Waals surface area (Å²) in [5, 5.41) is 6.27. The van der Waals surface area contributed by atoms with Gasteiger partial charge in [-0.2, -0.15) is 0 Å². The number of amides is 2. The van der Waals surface area contributed by atoms with Gasteiger partial charge in [-0.05, 0) is 37.1 Å². The van der Waals surface area contributed by atoms with Gasteiger partial charge < -0.3 is 10.6 Å². The van der Waals surface area contributed by atoms with Crippen LogP contribution in [0.15, 0.2) is 36.7 Å². The third-order valence-electron chi connectivity index (χ3n) is 4.60. The number of fused-ring (bicyclic) bond motifs is 1. The van der Waals surface area contributed by atoms with Gasteiger partial charge in [-0.15, -0.1) is 0 Å². The van der Waals surface area contributed by atoms with Crippen LogP contribution in [-0.2, 0) is 9.59 Å². The van der Waals surface area contributed by atoms with Crippen LogP contribution in [-0.4, -0.2) is 27.3 Å². The fourth-order valence-electron chi connectivity index (χ4n) is 3.08. The molecule has 0 unspecified atom stereocenters. The number of pyridine rings is 1. The maximum absolute atomic E-state index is 13.1. The highest BCUT2D eigenvalue weighted by atomic mass is 35.5. The fraction of sp³-hybridized carbons (Fsp3) is 0.200. The highest BCUT2D eigenvalue weighted by molar-refractivity contribution is 6.40. The molecule has 1 aliphatic rings. The molecule has 2 amide bonds. The van der Waals surface area contributed by atoms with Crippen molar-refractivity contribution in [3.63, 3.8) is 0 Å². The van der Waals surface area contributed by atoms with E-state index in [1.807, 2.05) is 0 Å². The van der Waals surface area contributed by atoms with E-state index in [9.17, 15) is 14.4 Å². The number of benzene rings is 1. The molecule has 0 bridgehead atoms. The summed E-state index contributed by atoms with van der Waals surface area (Å²) >= 11 is 12.6. The Kier molecular flexibility index (Phi) is 5.02. The zero-order valence-electron chi connectivity index (χ0n) is 15.3. The van der Waals surface area contributed by atoms with E-state index in [1.165, 1.54) is 29.8 Å². The topological polar surface area (TPSA) is 93.1 Å². The SMILES string of the molecule is CC(=O)Nc1cc(Cl)c(C(=O)n2ccc3c(NC(=O)C4CC4)nccc32)c(Cl)c1. The zero-order valence-corrected chi connectivity index (χ0v) is 16.8. The van der Waals surface area contributed by atoms with Crippen LogP contribution in [0, 0.1) is 5.92 Å². The van der Waals surface area contributed by atoms with Crippen molar-refractivity contribution >= 4 is 63.3 Å². The van der Waals surface area contributed by atoms with Crippen LogP contribution in [0.2, 0.25) is 10.0 Å². The van der Waals surface area contributed by atoms with Crippen molar-refractivity contribution in [3.05, 3.63) is 52.3 Å². The Balaban J connectivity index is 1.71. The molecular weight excluding hydrogens is 415 g/mol. The lowest BCUT2D eigenvalue weighted by atomic mass is 10.1. The molecule has 3 aromatic rings. The highest BCUT2D eigenvalue weighted by Gasteiger charge is 2.30. The van der Waals surface area contributed by atoms with Gasteiger partial charge in [-0.25, -0.2) is 4.98 Å². The lowest BCUT2D eigenvalue weighted by molar-refractivity contribution is -0.117. The Bertz CT molecular complexity index is 1140. The first-order chi connectivity index (χ1) is 13.8. The molecule has 148 valence electrons. The predicted octanol–water partition coefficient (Wildman–Crippen LogP) is 4.34. The Morgan fingerprint density at radius 1 is 1.10 bits per heavy atom. The summed E-state index contributed by atoms with van der Waals surface area (Å²) in [7, 11) is 0. The molecule has 2 heterocycles. The van der Waals surface area contributed by atoms with Crippen LogP contribution in [0.25, 0.3) is 10.9 Å². The minimum absolute atomic E-state index is 0.0375. The number of carbonyl (C=O) groups is 3. The minimum Gasteiger partial charge on any atom is -0.326 e. The molecule has 2 N–H and O–H groups in total. The second-order valence-electron chi connectivity index (χ2n) is 6.84.